The van der Waals surface area contributed by atoms with Crippen LogP contribution in [0.1, 0.15) is 18.7 Å². The minimum atomic E-state index is -1.13. The fourth-order valence-corrected chi connectivity index (χ4v) is 3.62. The highest BCUT2D eigenvalue weighted by Gasteiger charge is 2.22. The molecule has 0 amide bonds. The molecule has 142 valence electrons. The second-order valence-electron chi connectivity index (χ2n) is 6.28. The van der Waals surface area contributed by atoms with Gasteiger partial charge in [-0.05, 0) is 18.1 Å². The third-order valence-electron chi connectivity index (χ3n) is 4.67. The Hall–Kier alpha value is -3.20. The third kappa shape index (κ3) is 2.75. The van der Waals surface area contributed by atoms with Crippen molar-refractivity contribution in [1.29, 1.82) is 0 Å². The minimum Gasteiger partial charge on any atom is -0.480 e. The summed E-state index contributed by atoms with van der Waals surface area (Å²) in [6.45, 7) is 2.00. The average Bonchev–Trinajstić information content (AvgIpc) is 3.09. The van der Waals surface area contributed by atoms with Crippen LogP contribution in [0.2, 0.25) is 0 Å². The Bertz CT molecular complexity index is 1250. The van der Waals surface area contributed by atoms with Gasteiger partial charge in [0.2, 0.25) is 0 Å². The number of aryl methyl sites for hydroxylation is 1. The summed E-state index contributed by atoms with van der Waals surface area (Å²) in [5, 5.41) is 22.3. The lowest BCUT2D eigenvalue weighted by molar-refractivity contribution is -0.140. The van der Waals surface area contributed by atoms with Gasteiger partial charge in [-0.2, -0.15) is 17.7 Å². The van der Waals surface area contributed by atoms with Gasteiger partial charge >= 0.3 is 5.97 Å². The molecule has 0 saturated heterocycles. The molecule has 1 aromatic carbocycles. The van der Waals surface area contributed by atoms with Crippen LogP contribution in [0.4, 0.5) is 0 Å². The van der Waals surface area contributed by atoms with Crippen LogP contribution in [0.5, 0.6) is 0 Å². The van der Waals surface area contributed by atoms with E-state index in [0.717, 1.165) is 21.4 Å². The largest absolute Gasteiger partial charge is 0.480 e. The van der Waals surface area contributed by atoms with Crippen molar-refractivity contribution in [2.45, 2.75) is 19.4 Å². The number of rotatable bonds is 5. The number of fused-ring (bicyclic) bond motifs is 3. The van der Waals surface area contributed by atoms with Crippen molar-refractivity contribution in [2.75, 3.05) is 5.75 Å². The predicted molar refractivity (Wildman–Crippen MR) is 108 cm³/mol. The first-order chi connectivity index (χ1) is 13.6. The summed E-state index contributed by atoms with van der Waals surface area (Å²) in [5.41, 5.74) is 3.24. The second-order valence-corrected chi connectivity index (χ2v) is 6.64. The molecule has 0 bridgehead atoms. The molecule has 28 heavy (non-hydrogen) atoms. The first-order valence-electron chi connectivity index (χ1n) is 8.75. The lowest BCUT2D eigenvalue weighted by atomic mass is 10.0. The zero-order valence-corrected chi connectivity index (χ0v) is 15.9. The van der Waals surface area contributed by atoms with Gasteiger partial charge in [0, 0.05) is 11.9 Å². The van der Waals surface area contributed by atoms with Crippen LogP contribution in [0.25, 0.3) is 27.8 Å². The van der Waals surface area contributed by atoms with E-state index < -0.39 is 17.6 Å². The molecule has 0 aliphatic rings. The Morgan fingerprint density at radius 3 is 2.61 bits per heavy atom. The van der Waals surface area contributed by atoms with Gasteiger partial charge in [0.25, 0.3) is 5.56 Å². The molecule has 4 aromatic rings. The highest BCUT2D eigenvalue weighted by Crippen LogP contribution is 2.28. The summed E-state index contributed by atoms with van der Waals surface area (Å²) in [7, 11) is 0. The SMILES string of the molecule is CCc1nn2c(nnc3c(=O)n(C(CS)C(=O)O)ccc32)c1-c1ccccc1. The number of pyridine rings is 1. The Labute approximate surface area is 164 Å². The van der Waals surface area contributed by atoms with Crippen molar-refractivity contribution >= 4 is 35.3 Å². The Morgan fingerprint density at radius 1 is 1.21 bits per heavy atom. The molecule has 0 radical (unpaired) electrons. The minimum absolute atomic E-state index is 0.0175. The summed E-state index contributed by atoms with van der Waals surface area (Å²) in [6, 6.07) is 10.3. The van der Waals surface area contributed by atoms with Gasteiger partial charge in [-0.25, -0.2) is 9.31 Å². The molecule has 0 fully saturated rings. The van der Waals surface area contributed by atoms with Crippen molar-refractivity contribution in [2.24, 2.45) is 0 Å². The molecule has 9 heteroatoms. The first kappa shape index (κ1) is 18.2. The van der Waals surface area contributed by atoms with Crippen molar-refractivity contribution in [1.82, 2.24) is 24.4 Å². The molecule has 3 aromatic heterocycles. The highest BCUT2D eigenvalue weighted by atomic mass is 32.1. The number of aromatic nitrogens is 5. The van der Waals surface area contributed by atoms with Gasteiger partial charge in [0.1, 0.15) is 11.6 Å². The molecule has 8 nitrogen and oxygen atoms in total. The lowest BCUT2D eigenvalue weighted by Gasteiger charge is -2.13. The smallest absolute Gasteiger partial charge is 0.327 e. The van der Waals surface area contributed by atoms with Crippen molar-refractivity contribution in [3.8, 4) is 11.1 Å². The quantitative estimate of drug-likeness (QED) is 0.503. The van der Waals surface area contributed by atoms with Crippen LogP contribution in [0, 0.1) is 0 Å². The van der Waals surface area contributed by atoms with Crippen LogP contribution in [-0.4, -0.2) is 41.2 Å². The van der Waals surface area contributed by atoms with E-state index >= 15 is 0 Å². The van der Waals surface area contributed by atoms with Crippen LogP contribution < -0.4 is 5.56 Å². The maximum atomic E-state index is 12.8. The van der Waals surface area contributed by atoms with Gasteiger partial charge < -0.3 is 5.11 Å². The number of benzene rings is 1. The summed E-state index contributed by atoms with van der Waals surface area (Å²) in [6.07, 6.45) is 2.13. The van der Waals surface area contributed by atoms with E-state index in [4.69, 9.17) is 0 Å². The van der Waals surface area contributed by atoms with E-state index in [-0.39, 0.29) is 11.3 Å². The Balaban J connectivity index is 2.02. The Morgan fingerprint density at radius 2 is 1.96 bits per heavy atom. The summed E-state index contributed by atoms with van der Waals surface area (Å²) in [5.74, 6) is -1.15. The first-order valence-corrected chi connectivity index (χ1v) is 9.38. The molecular weight excluding hydrogens is 378 g/mol. The topological polar surface area (TPSA) is 102 Å². The van der Waals surface area contributed by atoms with Crippen LogP contribution >= 0.6 is 12.6 Å². The van der Waals surface area contributed by atoms with E-state index in [1.165, 1.54) is 6.20 Å². The average molecular weight is 395 g/mol. The van der Waals surface area contributed by atoms with Crippen molar-refractivity contribution in [3.63, 3.8) is 0 Å². The normalized spacial score (nSPS) is 12.5. The number of carboxylic acid groups (broad SMARTS) is 1. The Kier molecular flexibility index (Phi) is 4.60. The number of hydrogen-bond acceptors (Lipinski definition) is 6. The van der Waals surface area contributed by atoms with Crippen LogP contribution in [-0.2, 0) is 11.2 Å². The number of nitrogens with zero attached hydrogens (tertiary/aromatic N) is 5. The molecule has 0 aliphatic heterocycles. The molecule has 3 heterocycles. The molecule has 1 atom stereocenters. The number of carbonyl (C=O) groups is 1. The zero-order chi connectivity index (χ0) is 19.8. The molecule has 4 rings (SSSR count). The number of hydrogen-bond donors (Lipinski definition) is 2. The zero-order valence-electron chi connectivity index (χ0n) is 15.0. The second kappa shape index (κ2) is 7.08. The van der Waals surface area contributed by atoms with Crippen molar-refractivity contribution in [3.05, 3.63) is 58.6 Å². The van der Waals surface area contributed by atoms with Crippen LogP contribution in [0.3, 0.4) is 0 Å². The number of carboxylic acids is 1. The molecule has 1 N–H and O–H groups in total. The van der Waals surface area contributed by atoms with Crippen molar-refractivity contribution < 1.29 is 9.90 Å². The highest BCUT2D eigenvalue weighted by molar-refractivity contribution is 7.80. The van der Waals surface area contributed by atoms with Gasteiger partial charge in [0.15, 0.2) is 11.2 Å². The maximum absolute atomic E-state index is 12.8. The van der Waals surface area contributed by atoms with Gasteiger partial charge in [-0.1, -0.05) is 37.3 Å². The van der Waals surface area contributed by atoms with Gasteiger partial charge in [-0.15, -0.1) is 10.2 Å². The number of aliphatic carboxylic acids is 1. The maximum Gasteiger partial charge on any atom is 0.327 e. The summed E-state index contributed by atoms with van der Waals surface area (Å²) < 4.78 is 2.71. The van der Waals surface area contributed by atoms with Crippen LogP contribution in [0.15, 0.2) is 47.4 Å². The predicted octanol–water partition coefficient (Wildman–Crippen LogP) is 2.22. The molecule has 1 unspecified atom stereocenters. The monoisotopic (exact) mass is 395 g/mol. The summed E-state index contributed by atoms with van der Waals surface area (Å²) in [4.78, 5) is 24.2. The van der Waals surface area contributed by atoms with Gasteiger partial charge in [0.05, 0.1) is 11.3 Å². The van der Waals surface area contributed by atoms with E-state index in [0.29, 0.717) is 17.6 Å². The van der Waals surface area contributed by atoms with E-state index in [9.17, 15) is 14.7 Å². The van der Waals surface area contributed by atoms with E-state index in [2.05, 4.69) is 27.9 Å². The molecule has 0 aliphatic carbocycles. The van der Waals surface area contributed by atoms with Gasteiger partial charge in [-0.3, -0.25) is 9.36 Å². The standard InChI is InChI=1S/C19H17N5O3S/c1-2-12-15(11-6-4-3-5-7-11)17-21-20-16-13(24(17)22-12)8-9-23(18(16)25)14(10-28)19(26)27/h3-9,14,28H,2,10H2,1H3,(H,26,27). The summed E-state index contributed by atoms with van der Waals surface area (Å²) >= 11 is 4.04. The lowest BCUT2D eigenvalue weighted by Crippen LogP contribution is -2.31. The number of thiol groups is 1. The molecule has 0 spiro atoms. The third-order valence-corrected chi connectivity index (χ3v) is 5.02. The fourth-order valence-electron chi connectivity index (χ4n) is 3.28. The molecular formula is C19H17N5O3S. The molecule has 0 saturated carbocycles. The van der Waals surface area contributed by atoms with E-state index in [1.807, 2.05) is 37.3 Å². The fraction of sp³-hybridized carbons (Fsp3) is 0.211. The van der Waals surface area contributed by atoms with E-state index in [1.54, 1.807) is 10.6 Å².